The molecule has 0 radical (unpaired) electrons. The van der Waals surface area contributed by atoms with Gasteiger partial charge < -0.3 is 0 Å². The van der Waals surface area contributed by atoms with E-state index < -0.39 is 0 Å². The first-order valence-electron chi connectivity index (χ1n) is 5.51. The molecule has 0 fully saturated rings. The number of aromatic nitrogens is 2. The lowest BCUT2D eigenvalue weighted by atomic mass is 10.1. The fourth-order valence-electron chi connectivity index (χ4n) is 1.74. The van der Waals surface area contributed by atoms with Crippen LogP contribution in [0.4, 0.5) is 0 Å². The molecule has 0 unspecified atom stereocenters. The molecule has 0 N–H and O–H groups in total. The zero-order chi connectivity index (χ0) is 13.3. The van der Waals surface area contributed by atoms with Crippen LogP contribution in [0.25, 0.3) is 0 Å². The Morgan fingerprint density at radius 3 is 2.72 bits per heavy atom. The summed E-state index contributed by atoms with van der Waals surface area (Å²) in [6.45, 7) is 1.98. The van der Waals surface area contributed by atoms with Crippen LogP contribution < -0.4 is 0 Å². The molecule has 96 valence electrons. The van der Waals surface area contributed by atoms with Crippen LogP contribution in [0.2, 0.25) is 10.0 Å². The molecule has 0 saturated carbocycles. The van der Waals surface area contributed by atoms with Crippen molar-refractivity contribution >= 4 is 40.3 Å². The maximum atomic E-state index is 12.1. The number of nitrogens with zero attached hydrogens (tertiary/aromatic N) is 2. The number of carbonyl (C=O) groups excluding carboxylic acids is 1. The highest BCUT2D eigenvalue weighted by Crippen LogP contribution is 2.26. The Balaban J connectivity index is 2.27. The van der Waals surface area contributed by atoms with Gasteiger partial charge in [-0.2, -0.15) is 5.10 Å². The third-order valence-electron chi connectivity index (χ3n) is 2.70. The molecule has 2 aromatic heterocycles. The standard InChI is InChI=1S/C12H12Cl2N2OS/c1-3-8-11(14)9(16(2)15-8)6-10(17)12-7(13)4-5-18-12/h4-5H,3,6H2,1-2H3. The van der Waals surface area contributed by atoms with E-state index in [0.717, 1.165) is 17.8 Å². The van der Waals surface area contributed by atoms with Crippen molar-refractivity contribution in [3.63, 3.8) is 0 Å². The van der Waals surface area contributed by atoms with Gasteiger partial charge in [0.2, 0.25) is 0 Å². The van der Waals surface area contributed by atoms with E-state index in [1.807, 2.05) is 6.92 Å². The molecule has 18 heavy (non-hydrogen) atoms. The monoisotopic (exact) mass is 302 g/mol. The lowest BCUT2D eigenvalue weighted by molar-refractivity contribution is 0.0995. The van der Waals surface area contributed by atoms with Gasteiger partial charge in [-0.05, 0) is 17.9 Å². The van der Waals surface area contributed by atoms with E-state index in [0.29, 0.717) is 14.9 Å². The van der Waals surface area contributed by atoms with Gasteiger partial charge in [0.05, 0.1) is 32.7 Å². The van der Waals surface area contributed by atoms with Gasteiger partial charge >= 0.3 is 0 Å². The molecule has 0 aliphatic rings. The summed E-state index contributed by atoms with van der Waals surface area (Å²) in [5, 5.41) is 7.18. The van der Waals surface area contributed by atoms with E-state index >= 15 is 0 Å². The van der Waals surface area contributed by atoms with Crippen LogP contribution in [-0.4, -0.2) is 15.6 Å². The number of hydrogen-bond acceptors (Lipinski definition) is 3. The molecule has 2 rings (SSSR count). The third-order valence-corrected chi connectivity index (χ3v) is 4.52. The van der Waals surface area contributed by atoms with E-state index in [2.05, 4.69) is 5.10 Å². The van der Waals surface area contributed by atoms with E-state index in [1.165, 1.54) is 11.3 Å². The molecule has 0 spiro atoms. The second kappa shape index (κ2) is 5.43. The molecule has 2 heterocycles. The summed E-state index contributed by atoms with van der Waals surface area (Å²) in [4.78, 5) is 12.7. The predicted octanol–water partition coefficient (Wildman–Crippen LogP) is 3.78. The van der Waals surface area contributed by atoms with E-state index in [1.54, 1.807) is 23.2 Å². The van der Waals surface area contributed by atoms with Gasteiger partial charge in [-0.15, -0.1) is 11.3 Å². The highest BCUT2D eigenvalue weighted by Gasteiger charge is 2.19. The molecule has 0 aliphatic carbocycles. The SMILES string of the molecule is CCc1nn(C)c(CC(=O)c2sccc2Cl)c1Cl. The summed E-state index contributed by atoms with van der Waals surface area (Å²) in [7, 11) is 1.80. The van der Waals surface area contributed by atoms with Gasteiger partial charge in [0, 0.05) is 7.05 Å². The second-order valence-electron chi connectivity index (χ2n) is 3.88. The highest BCUT2D eigenvalue weighted by molar-refractivity contribution is 7.12. The minimum Gasteiger partial charge on any atom is -0.293 e. The quantitative estimate of drug-likeness (QED) is 0.806. The van der Waals surface area contributed by atoms with Crippen molar-refractivity contribution in [1.82, 2.24) is 9.78 Å². The van der Waals surface area contributed by atoms with Crippen molar-refractivity contribution in [2.75, 3.05) is 0 Å². The van der Waals surface area contributed by atoms with Crippen LogP contribution in [0.5, 0.6) is 0 Å². The zero-order valence-corrected chi connectivity index (χ0v) is 12.4. The van der Waals surface area contributed by atoms with Crippen molar-refractivity contribution in [2.24, 2.45) is 7.05 Å². The molecule has 0 aliphatic heterocycles. The Hall–Kier alpha value is -0.840. The summed E-state index contributed by atoms with van der Waals surface area (Å²) in [5.41, 5.74) is 1.56. The Kier molecular flexibility index (Phi) is 4.10. The van der Waals surface area contributed by atoms with Crippen LogP contribution >= 0.6 is 34.5 Å². The van der Waals surface area contributed by atoms with Crippen molar-refractivity contribution in [1.29, 1.82) is 0 Å². The predicted molar refractivity (Wildman–Crippen MR) is 75.0 cm³/mol. The number of rotatable bonds is 4. The van der Waals surface area contributed by atoms with Gasteiger partial charge in [0.15, 0.2) is 5.78 Å². The first-order chi connectivity index (χ1) is 8.54. The first-order valence-corrected chi connectivity index (χ1v) is 7.14. The summed E-state index contributed by atoms with van der Waals surface area (Å²) < 4.78 is 1.67. The summed E-state index contributed by atoms with van der Waals surface area (Å²) in [5.74, 6) is -0.0254. The Morgan fingerprint density at radius 1 is 1.50 bits per heavy atom. The van der Waals surface area contributed by atoms with Gasteiger partial charge in [-0.1, -0.05) is 30.1 Å². The number of Topliss-reactive ketones (excluding diaryl/α,β-unsaturated/α-hetero) is 1. The Labute approximate surface area is 119 Å². The molecule has 6 heteroatoms. The van der Waals surface area contributed by atoms with Crippen LogP contribution in [0.3, 0.4) is 0 Å². The number of aryl methyl sites for hydroxylation is 2. The van der Waals surface area contributed by atoms with Crippen LogP contribution in [0.1, 0.15) is 28.0 Å². The first kappa shape index (κ1) is 13.6. The largest absolute Gasteiger partial charge is 0.293 e. The lowest BCUT2D eigenvalue weighted by Gasteiger charge is -2.01. The fourth-order valence-corrected chi connectivity index (χ4v) is 3.20. The molecule has 3 nitrogen and oxygen atoms in total. The van der Waals surface area contributed by atoms with Gasteiger partial charge in [0.1, 0.15) is 0 Å². The van der Waals surface area contributed by atoms with E-state index in [9.17, 15) is 4.79 Å². The number of ketones is 1. The molecule has 0 atom stereocenters. The second-order valence-corrected chi connectivity index (χ2v) is 5.58. The van der Waals surface area contributed by atoms with E-state index in [4.69, 9.17) is 23.2 Å². The molecule has 0 saturated heterocycles. The van der Waals surface area contributed by atoms with Crippen molar-refractivity contribution < 1.29 is 4.79 Å². The van der Waals surface area contributed by atoms with Crippen molar-refractivity contribution in [2.45, 2.75) is 19.8 Å². The highest BCUT2D eigenvalue weighted by atomic mass is 35.5. The minimum absolute atomic E-state index is 0.0254. The molecule has 0 aromatic carbocycles. The zero-order valence-electron chi connectivity index (χ0n) is 10.0. The third kappa shape index (κ3) is 2.46. The van der Waals surface area contributed by atoms with Crippen LogP contribution in [0.15, 0.2) is 11.4 Å². The van der Waals surface area contributed by atoms with E-state index in [-0.39, 0.29) is 12.2 Å². The van der Waals surface area contributed by atoms with Crippen LogP contribution in [-0.2, 0) is 19.9 Å². The number of carbonyl (C=O) groups is 1. The summed E-state index contributed by atoms with van der Waals surface area (Å²) >= 11 is 13.5. The maximum Gasteiger partial charge on any atom is 0.180 e. The van der Waals surface area contributed by atoms with Crippen LogP contribution in [0, 0.1) is 0 Å². The topological polar surface area (TPSA) is 34.9 Å². The number of thiophene rings is 1. The maximum absolute atomic E-state index is 12.1. The van der Waals surface area contributed by atoms with Gasteiger partial charge in [-0.3, -0.25) is 9.48 Å². The average molecular weight is 303 g/mol. The smallest absolute Gasteiger partial charge is 0.180 e. The number of halogens is 2. The normalized spacial score (nSPS) is 10.9. The lowest BCUT2D eigenvalue weighted by Crippen LogP contribution is -2.07. The average Bonchev–Trinajstić information content (AvgIpc) is 2.87. The van der Waals surface area contributed by atoms with Crippen molar-refractivity contribution in [3.8, 4) is 0 Å². The molecule has 2 aromatic rings. The molecule has 0 amide bonds. The Bertz CT molecular complexity index is 589. The molecule has 0 bridgehead atoms. The number of hydrogen-bond donors (Lipinski definition) is 0. The summed E-state index contributed by atoms with van der Waals surface area (Å²) in [6.07, 6.45) is 0.975. The molecular weight excluding hydrogens is 291 g/mol. The molecular formula is C12H12Cl2N2OS. The summed E-state index contributed by atoms with van der Waals surface area (Å²) in [6, 6.07) is 1.72. The minimum atomic E-state index is -0.0254. The Morgan fingerprint density at radius 2 is 2.22 bits per heavy atom. The van der Waals surface area contributed by atoms with Gasteiger partial charge in [-0.25, -0.2) is 0 Å². The fraction of sp³-hybridized carbons (Fsp3) is 0.333. The van der Waals surface area contributed by atoms with Gasteiger partial charge in [0.25, 0.3) is 0 Å². The van der Waals surface area contributed by atoms with Crippen molar-refractivity contribution in [3.05, 3.63) is 37.8 Å².